The summed E-state index contributed by atoms with van der Waals surface area (Å²) < 4.78 is 5.35. The van der Waals surface area contributed by atoms with Gasteiger partial charge in [0.1, 0.15) is 16.8 Å². The lowest BCUT2D eigenvalue weighted by Crippen LogP contribution is -1.98. The molecule has 0 bridgehead atoms. The summed E-state index contributed by atoms with van der Waals surface area (Å²) in [6.45, 7) is 5.15. The summed E-state index contributed by atoms with van der Waals surface area (Å²) in [5.41, 5.74) is 2.10. The molecule has 5 heteroatoms. The molecule has 0 unspecified atom stereocenters. The van der Waals surface area contributed by atoms with Crippen LogP contribution in [0.4, 0.5) is 11.5 Å². The van der Waals surface area contributed by atoms with Gasteiger partial charge in [0.05, 0.1) is 6.61 Å². The molecule has 1 aromatic carbocycles. The summed E-state index contributed by atoms with van der Waals surface area (Å²) in [5, 5.41) is 3.63. The van der Waals surface area contributed by atoms with Crippen molar-refractivity contribution in [1.82, 2.24) is 9.97 Å². The van der Waals surface area contributed by atoms with Crippen LogP contribution in [0, 0.1) is 6.92 Å². The van der Waals surface area contributed by atoms with Crippen LogP contribution < -0.4 is 5.32 Å². The molecule has 2 aromatic rings. The third kappa shape index (κ3) is 4.19. The molecule has 0 aliphatic heterocycles. The number of anilines is 2. The van der Waals surface area contributed by atoms with Gasteiger partial charge < -0.3 is 10.1 Å². The van der Waals surface area contributed by atoms with Gasteiger partial charge >= 0.3 is 0 Å². The highest BCUT2D eigenvalue weighted by Crippen LogP contribution is 2.18. The summed E-state index contributed by atoms with van der Waals surface area (Å²) in [6, 6.07) is 9.71. The maximum absolute atomic E-state index is 5.89. The van der Waals surface area contributed by atoms with E-state index in [9.17, 15) is 0 Å². The third-order valence-corrected chi connectivity index (χ3v) is 2.70. The molecule has 100 valence electrons. The topological polar surface area (TPSA) is 47.0 Å². The lowest BCUT2D eigenvalue weighted by Gasteiger charge is -2.08. The van der Waals surface area contributed by atoms with Crippen molar-refractivity contribution in [3.8, 4) is 0 Å². The predicted octanol–water partition coefficient (Wildman–Crippen LogP) is 3.72. The van der Waals surface area contributed by atoms with Crippen LogP contribution in [0.3, 0.4) is 0 Å². The van der Waals surface area contributed by atoms with E-state index in [1.807, 2.05) is 38.1 Å². The van der Waals surface area contributed by atoms with E-state index in [2.05, 4.69) is 15.3 Å². The minimum absolute atomic E-state index is 0.433. The fourth-order valence-electron chi connectivity index (χ4n) is 1.65. The van der Waals surface area contributed by atoms with Crippen LogP contribution in [0.2, 0.25) is 5.15 Å². The Morgan fingerprint density at radius 1 is 1.21 bits per heavy atom. The van der Waals surface area contributed by atoms with E-state index in [1.165, 1.54) is 0 Å². The normalized spacial score (nSPS) is 10.5. The molecule has 1 aromatic heterocycles. The zero-order valence-corrected chi connectivity index (χ0v) is 11.7. The first-order valence-electron chi connectivity index (χ1n) is 6.12. The van der Waals surface area contributed by atoms with Crippen LogP contribution in [-0.2, 0) is 11.3 Å². The molecule has 2 rings (SSSR count). The van der Waals surface area contributed by atoms with Crippen LogP contribution in [0.5, 0.6) is 0 Å². The van der Waals surface area contributed by atoms with Gasteiger partial charge in [0.2, 0.25) is 0 Å². The first kappa shape index (κ1) is 13.8. The molecule has 0 aliphatic carbocycles. The number of benzene rings is 1. The Kier molecular flexibility index (Phi) is 4.71. The van der Waals surface area contributed by atoms with Gasteiger partial charge in [-0.2, -0.15) is 0 Å². The minimum Gasteiger partial charge on any atom is -0.377 e. The number of ether oxygens (including phenoxy) is 1. The second-order valence-electron chi connectivity index (χ2n) is 4.08. The van der Waals surface area contributed by atoms with E-state index < -0.39 is 0 Å². The smallest absolute Gasteiger partial charge is 0.135 e. The predicted molar refractivity (Wildman–Crippen MR) is 76.8 cm³/mol. The Labute approximate surface area is 117 Å². The molecule has 0 spiro atoms. The second-order valence-corrected chi connectivity index (χ2v) is 4.47. The number of hydrogen-bond acceptors (Lipinski definition) is 4. The molecule has 0 amide bonds. The number of aryl methyl sites for hydroxylation is 1. The largest absolute Gasteiger partial charge is 0.377 e. The maximum Gasteiger partial charge on any atom is 0.135 e. The number of hydrogen-bond donors (Lipinski definition) is 1. The molecule has 0 aliphatic rings. The number of nitrogens with zero attached hydrogens (tertiary/aromatic N) is 2. The lowest BCUT2D eigenvalue weighted by molar-refractivity contribution is 0.134. The van der Waals surface area contributed by atoms with Gasteiger partial charge in [-0.3, -0.25) is 0 Å². The second kappa shape index (κ2) is 6.50. The molecule has 0 atom stereocenters. The highest BCUT2D eigenvalue weighted by molar-refractivity contribution is 6.29. The van der Waals surface area contributed by atoms with Gasteiger partial charge in [-0.25, -0.2) is 9.97 Å². The highest BCUT2D eigenvalue weighted by atomic mass is 35.5. The van der Waals surface area contributed by atoms with Gasteiger partial charge in [0, 0.05) is 18.4 Å². The van der Waals surface area contributed by atoms with Crippen molar-refractivity contribution in [3.05, 3.63) is 46.9 Å². The lowest BCUT2D eigenvalue weighted by atomic mass is 10.2. The van der Waals surface area contributed by atoms with Crippen molar-refractivity contribution in [2.24, 2.45) is 0 Å². The molecular formula is C14H16ClN3O. The van der Waals surface area contributed by atoms with Crippen LogP contribution in [0.1, 0.15) is 18.3 Å². The molecule has 0 radical (unpaired) electrons. The SMILES string of the molecule is CCOCc1ccc(Nc2cc(Cl)nc(C)n2)cc1. The Hall–Kier alpha value is -1.65. The fourth-order valence-corrected chi connectivity index (χ4v) is 1.87. The summed E-state index contributed by atoms with van der Waals surface area (Å²) >= 11 is 5.89. The summed E-state index contributed by atoms with van der Waals surface area (Å²) in [6.07, 6.45) is 0. The van der Waals surface area contributed by atoms with E-state index in [0.29, 0.717) is 23.4 Å². The Balaban J connectivity index is 2.06. The molecule has 1 heterocycles. The highest BCUT2D eigenvalue weighted by Gasteiger charge is 2.01. The van der Waals surface area contributed by atoms with E-state index >= 15 is 0 Å². The molecule has 19 heavy (non-hydrogen) atoms. The van der Waals surface area contributed by atoms with Gasteiger partial charge in [-0.1, -0.05) is 23.7 Å². The Morgan fingerprint density at radius 3 is 2.58 bits per heavy atom. The molecule has 0 saturated carbocycles. The van der Waals surface area contributed by atoms with Crippen molar-refractivity contribution in [3.63, 3.8) is 0 Å². The number of nitrogens with one attached hydrogen (secondary N) is 1. The van der Waals surface area contributed by atoms with Crippen molar-refractivity contribution in [2.45, 2.75) is 20.5 Å². The van der Waals surface area contributed by atoms with Crippen LogP contribution in [0.15, 0.2) is 30.3 Å². The van der Waals surface area contributed by atoms with Crippen LogP contribution in [-0.4, -0.2) is 16.6 Å². The first-order chi connectivity index (χ1) is 9.17. The quantitative estimate of drug-likeness (QED) is 0.846. The average molecular weight is 278 g/mol. The Morgan fingerprint density at radius 2 is 1.95 bits per heavy atom. The van der Waals surface area contributed by atoms with Crippen LogP contribution in [0.25, 0.3) is 0 Å². The van der Waals surface area contributed by atoms with E-state index in [0.717, 1.165) is 17.9 Å². The van der Waals surface area contributed by atoms with Crippen molar-refractivity contribution >= 4 is 23.1 Å². The molecule has 0 fully saturated rings. The van der Waals surface area contributed by atoms with E-state index in [4.69, 9.17) is 16.3 Å². The van der Waals surface area contributed by atoms with Gasteiger partial charge in [-0.15, -0.1) is 0 Å². The average Bonchev–Trinajstić information content (AvgIpc) is 2.37. The van der Waals surface area contributed by atoms with Crippen molar-refractivity contribution < 1.29 is 4.74 Å². The van der Waals surface area contributed by atoms with E-state index in [-0.39, 0.29) is 0 Å². The summed E-state index contributed by atoms with van der Waals surface area (Å²) in [4.78, 5) is 8.29. The third-order valence-electron chi connectivity index (χ3n) is 2.51. The number of rotatable bonds is 5. The maximum atomic E-state index is 5.89. The monoisotopic (exact) mass is 277 g/mol. The number of halogens is 1. The minimum atomic E-state index is 0.433. The molecule has 4 nitrogen and oxygen atoms in total. The summed E-state index contributed by atoms with van der Waals surface area (Å²) in [7, 11) is 0. The molecule has 0 saturated heterocycles. The Bertz CT molecular complexity index is 523. The van der Waals surface area contributed by atoms with Gasteiger partial charge in [0.15, 0.2) is 0 Å². The molecular weight excluding hydrogens is 262 g/mol. The standard InChI is InChI=1S/C14H16ClN3O/c1-3-19-9-11-4-6-12(7-5-11)18-14-8-13(15)16-10(2)17-14/h4-8H,3,9H2,1-2H3,(H,16,17,18). The van der Waals surface area contributed by atoms with Gasteiger partial charge in [0.25, 0.3) is 0 Å². The van der Waals surface area contributed by atoms with E-state index in [1.54, 1.807) is 6.07 Å². The molecule has 1 N–H and O–H groups in total. The number of aromatic nitrogens is 2. The van der Waals surface area contributed by atoms with Crippen LogP contribution >= 0.6 is 11.6 Å². The first-order valence-corrected chi connectivity index (χ1v) is 6.50. The van der Waals surface area contributed by atoms with Crippen molar-refractivity contribution in [1.29, 1.82) is 0 Å². The summed E-state index contributed by atoms with van der Waals surface area (Å²) in [5.74, 6) is 1.33. The fraction of sp³-hybridized carbons (Fsp3) is 0.286. The van der Waals surface area contributed by atoms with Gasteiger partial charge in [-0.05, 0) is 31.5 Å². The zero-order valence-electron chi connectivity index (χ0n) is 11.0. The zero-order chi connectivity index (χ0) is 13.7. The van der Waals surface area contributed by atoms with Crippen molar-refractivity contribution in [2.75, 3.05) is 11.9 Å².